The lowest BCUT2D eigenvalue weighted by atomic mass is 10.1. The number of carbonyl (C=O) groups excluding carboxylic acids is 1. The zero-order valence-electron chi connectivity index (χ0n) is 14.5. The van der Waals surface area contributed by atoms with Crippen molar-refractivity contribution in [3.8, 4) is 0 Å². The van der Waals surface area contributed by atoms with Crippen LogP contribution in [0.1, 0.15) is 33.3 Å². The maximum Gasteiger partial charge on any atom is 0.286 e. The quantitative estimate of drug-likeness (QED) is 0.709. The highest BCUT2D eigenvalue weighted by Crippen LogP contribution is 2.22. The van der Waals surface area contributed by atoms with Gasteiger partial charge in [0, 0.05) is 11.7 Å². The van der Waals surface area contributed by atoms with Gasteiger partial charge in [-0.05, 0) is 43.8 Å². The molecule has 7 heteroatoms. The minimum atomic E-state index is -0.350. The molecule has 0 saturated carbocycles. The number of hydrogen-bond acceptors (Lipinski definition) is 5. The summed E-state index contributed by atoms with van der Waals surface area (Å²) in [5.74, 6) is -0.698. The van der Waals surface area contributed by atoms with Crippen molar-refractivity contribution in [2.24, 2.45) is 0 Å². The van der Waals surface area contributed by atoms with Crippen LogP contribution < -0.4 is 5.32 Å². The molecule has 1 aromatic heterocycles. The van der Waals surface area contributed by atoms with E-state index in [1.54, 1.807) is 0 Å². The second-order valence-electron chi connectivity index (χ2n) is 5.96. The fourth-order valence-corrected chi connectivity index (χ4v) is 3.26. The fourth-order valence-electron chi connectivity index (χ4n) is 2.46. The number of rotatable bonds is 6. The monoisotopic (exact) mass is 370 g/mol. The summed E-state index contributed by atoms with van der Waals surface area (Å²) >= 11 is 1.25. The van der Waals surface area contributed by atoms with Crippen LogP contribution in [0.25, 0.3) is 0 Å². The Hall–Kier alpha value is -2.64. The second-order valence-corrected chi connectivity index (χ2v) is 7.03. The van der Waals surface area contributed by atoms with E-state index < -0.39 is 0 Å². The van der Waals surface area contributed by atoms with Crippen LogP contribution in [0.3, 0.4) is 0 Å². The molecule has 3 aromatic rings. The molecule has 0 unspecified atom stereocenters. The van der Waals surface area contributed by atoms with E-state index in [-0.39, 0.29) is 22.8 Å². The van der Waals surface area contributed by atoms with Crippen molar-refractivity contribution in [1.82, 2.24) is 15.1 Å². The summed E-state index contributed by atoms with van der Waals surface area (Å²) in [7, 11) is 2.01. The first-order valence-electron chi connectivity index (χ1n) is 8.17. The average molecular weight is 370 g/mol. The number of aromatic nitrogens is 2. The third-order valence-corrected chi connectivity index (χ3v) is 5.00. The highest BCUT2D eigenvalue weighted by molar-refractivity contribution is 7.13. The Bertz CT molecular complexity index is 867. The minimum Gasteiger partial charge on any atom is -0.320 e. The van der Waals surface area contributed by atoms with Crippen LogP contribution in [-0.2, 0) is 6.54 Å². The Balaban J connectivity index is 1.62. The lowest BCUT2D eigenvalue weighted by Crippen LogP contribution is -2.21. The van der Waals surface area contributed by atoms with E-state index >= 15 is 0 Å². The van der Waals surface area contributed by atoms with E-state index in [2.05, 4.69) is 39.5 Å². The Kier molecular flexibility index (Phi) is 5.70. The van der Waals surface area contributed by atoms with Gasteiger partial charge in [-0.1, -0.05) is 41.7 Å². The molecule has 0 fully saturated rings. The maximum absolute atomic E-state index is 12.9. The molecule has 1 atom stereocenters. The van der Waals surface area contributed by atoms with Crippen LogP contribution in [0, 0.1) is 5.82 Å². The molecule has 26 heavy (non-hydrogen) atoms. The van der Waals surface area contributed by atoms with Gasteiger partial charge in [0.2, 0.25) is 5.01 Å². The Morgan fingerprint density at radius 1 is 1.15 bits per heavy atom. The summed E-state index contributed by atoms with van der Waals surface area (Å²) in [5, 5.41) is 11.8. The highest BCUT2D eigenvalue weighted by atomic mass is 32.1. The van der Waals surface area contributed by atoms with Gasteiger partial charge in [-0.2, -0.15) is 0 Å². The van der Waals surface area contributed by atoms with Crippen LogP contribution in [0.5, 0.6) is 0 Å². The van der Waals surface area contributed by atoms with Crippen molar-refractivity contribution in [3.05, 3.63) is 76.0 Å². The zero-order valence-corrected chi connectivity index (χ0v) is 15.3. The van der Waals surface area contributed by atoms with E-state index in [0.29, 0.717) is 12.2 Å². The molecule has 0 saturated heterocycles. The van der Waals surface area contributed by atoms with Crippen LogP contribution >= 0.6 is 11.3 Å². The number of anilines is 1. The standard InChI is InChI=1S/C19H19FN4OS/c1-13(14-6-4-3-5-7-14)24(2)12-17-22-23-19(26-17)18(25)21-16-10-8-15(20)9-11-16/h3-11,13H,12H2,1-2H3,(H,21,25)/t13-/m0/s1. The number of carbonyl (C=O) groups is 1. The summed E-state index contributed by atoms with van der Waals surface area (Å²) < 4.78 is 12.9. The normalized spacial score (nSPS) is 12.2. The van der Waals surface area contributed by atoms with E-state index in [4.69, 9.17) is 0 Å². The molecular formula is C19H19FN4OS. The van der Waals surface area contributed by atoms with Crippen LogP contribution in [0.4, 0.5) is 10.1 Å². The summed E-state index contributed by atoms with van der Waals surface area (Å²) in [6.07, 6.45) is 0. The van der Waals surface area contributed by atoms with Gasteiger partial charge in [-0.15, -0.1) is 10.2 Å². The van der Waals surface area contributed by atoms with Crippen LogP contribution in [-0.4, -0.2) is 28.1 Å². The third kappa shape index (κ3) is 4.50. The fraction of sp³-hybridized carbons (Fsp3) is 0.211. The minimum absolute atomic E-state index is 0.219. The van der Waals surface area contributed by atoms with Crippen molar-refractivity contribution in [2.45, 2.75) is 19.5 Å². The Morgan fingerprint density at radius 3 is 2.54 bits per heavy atom. The summed E-state index contributed by atoms with van der Waals surface area (Å²) in [5.41, 5.74) is 1.73. The second kappa shape index (κ2) is 8.16. The molecule has 1 heterocycles. The number of halogens is 1. The third-order valence-electron chi connectivity index (χ3n) is 4.09. The topological polar surface area (TPSA) is 58.1 Å². The van der Waals surface area contributed by atoms with Gasteiger partial charge >= 0.3 is 0 Å². The molecule has 3 rings (SSSR count). The predicted molar refractivity (Wildman–Crippen MR) is 101 cm³/mol. The first-order chi connectivity index (χ1) is 12.5. The Labute approximate surface area is 155 Å². The van der Waals surface area contributed by atoms with Gasteiger partial charge in [0.25, 0.3) is 5.91 Å². The van der Waals surface area contributed by atoms with Gasteiger partial charge in [-0.25, -0.2) is 4.39 Å². The van der Waals surface area contributed by atoms with Crippen molar-refractivity contribution < 1.29 is 9.18 Å². The first-order valence-corrected chi connectivity index (χ1v) is 8.99. The summed E-state index contributed by atoms with van der Waals surface area (Å²) in [6.45, 7) is 2.72. The average Bonchev–Trinajstić information content (AvgIpc) is 3.12. The molecule has 0 aliphatic rings. The molecule has 0 aliphatic carbocycles. The first kappa shape index (κ1) is 18.2. The Morgan fingerprint density at radius 2 is 1.85 bits per heavy atom. The molecule has 0 bridgehead atoms. The summed E-state index contributed by atoms with van der Waals surface area (Å²) in [6, 6.07) is 16.0. The molecule has 1 amide bonds. The molecule has 0 spiro atoms. The van der Waals surface area contributed by atoms with Crippen molar-refractivity contribution in [1.29, 1.82) is 0 Å². The number of nitrogens with one attached hydrogen (secondary N) is 1. The summed E-state index contributed by atoms with van der Waals surface area (Å²) in [4.78, 5) is 14.4. The maximum atomic E-state index is 12.9. The van der Waals surface area contributed by atoms with Crippen molar-refractivity contribution in [3.63, 3.8) is 0 Å². The molecular weight excluding hydrogens is 351 g/mol. The number of benzene rings is 2. The predicted octanol–water partition coefficient (Wildman–Crippen LogP) is 4.12. The van der Waals surface area contributed by atoms with E-state index in [9.17, 15) is 9.18 Å². The molecule has 2 aromatic carbocycles. The molecule has 134 valence electrons. The molecule has 1 N–H and O–H groups in total. The molecule has 0 aliphatic heterocycles. The van der Waals surface area contributed by atoms with E-state index in [1.165, 1.54) is 41.2 Å². The number of amides is 1. The highest BCUT2D eigenvalue weighted by Gasteiger charge is 2.17. The van der Waals surface area contributed by atoms with Gasteiger partial charge < -0.3 is 5.32 Å². The lowest BCUT2D eigenvalue weighted by Gasteiger charge is -2.23. The van der Waals surface area contributed by atoms with Crippen LogP contribution in [0.2, 0.25) is 0 Å². The molecule has 5 nitrogen and oxygen atoms in total. The van der Waals surface area contributed by atoms with Gasteiger partial charge in [0.1, 0.15) is 10.8 Å². The SMILES string of the molecule is C[C@@H](c1ccccc1)N(C)Cc1nnc(C(=O)Nc2ccc(F)cc2)s1. The van der Waals surface area contributed by atoms with E-state index in [0.717, 1.165) is 5.01 Å². The van der Waals surface area contributed by atoms with Gasteiger partial charge in [0.15, 0.2) is 0 Å². The number of hydrogen-bond donors (Lipinski definition) is 1. The number of nitrogens with zero attached hydrogens (tertiary/aromatic N) is 3. The van der Waals surface area contributed by atoms with Crippen molar-refractivity contribution >= 4 is 22.9 Å². The smallest absolute Gasteiger partial charge is 0.286 e. The van der Waals surface area contributed by atoms with Crippen molar-refractivity contribution in [2.75, 3.05) is 12.4 Å². The van der Waals surface area contributed by atoms with Crippen LogP contribution in [0.15, 0.2) is 54.6 Å². The van der Waals surface area contributed by atoms with Gasteiger partial charge in [0.05, 0.1) is 6.54 Å². The van der Waals surface area contributed by atoms with Gasteiger partial charge in [-0.3, -0.25) is 9.69 Å². The zero-order chi connectivity index (χ0) is 18.5. The lowest BCUT2D eigenvalue weighted by molar-refractivity contribution is 0.102. The molecule has 0 radical (unpaired) electrons. The largest absolute Gasteiger partial charge is 0.320 e. The van der Waals surface area contributed by atoms with E-state index in [1.807, 2.05) is 25.2 Å².